The van der Waals surface area contributed by atoms with Crippen molar-refractivity contribution in [3.05, 3.63) is 29.3 Å². The Balaban J connectivity index is 2.21. The summed E-state index contributed by atoms with van der Waals surface area (Å²) >= 11 is 0. The van der Waals surface area contributed by atoms with Crippen molar-refractivity contribution >= 4 is 0 Å². The minimum atomic E-state index is -2.73. The van der Waals surface area contributed by atoms with Crippen molar-refractivity contribution in [2.45, 2.75) is 32.3 Å². The Kier molecular flexibility index (Phi) is 2.40. The van der Waals surface area contributed by atoms with E-state index in [-0.39, 0.29) is 5.75 Å². The third-order valence-electron chi connectivity index (χ3n) is 2.49. The largest absolute Gasteiger partial charge is 0.435 e. The molecule has 2 rings (SSSR count). The summed E-state index contributed by atoms with van der Waals surface area (Å²) in [6.45, 7) is -0.732. The van der Waals surface area contributed by atoms with E-state index in [4.69, 9.17) is 0 Å². The molecule has 3 heteroatoms. The van der Waals surface area contributed by atoms with Gasteiger partial charge >= 0.3 is 6.61 Å². The highest BCUT2D eigenvalue weighted by Crippen LogP contribution is 2.42. The Bertz CT molecular complexity index is 332. The van der Waals surface area contributed by atoms with Crippen LogP contribution in [0, 0.1) is 6.92 Å². The van der Waals surface area contributed by atoms with Crippen molar-refractivity contribution in [3.8, 4) is 5.75 Å². The quantitative estimate of drug-likeness (QED) is 0.722. The van der Waals surface area contributed by atoms with Gasteiger partial charge in [-0.25, -0.2) is 0 Å². The smallest absolute Gasteiger partial charge is 0.387 e. The van der Waals surface area contributed by atoms with Crippen LogP contribution in [-0.2, 0) is 0 Å². The minimum Gasteiger partial charge on any atom is -0.435 e. The average molecular weight is 198 g/mol. The molecule has 0 unspecified atom stereocenters. The molecule has 1 aliphatic rings. The minimum absolute atomic E-state index is 0.271. The van der Waals surface area contributed by atoms with Gasteiger partial charge in [-0.15, -0.1) is 0 Å². The van der Waals surface area contributed by atoms with Gasteiger partial charge in [0, 0.05) is 0 Å². The molecule has 1 aliphatic carbocycles. The highest BCUT2D eigenvalue weighted by Gasteiger charge is 2.25. The van der Waals surface area contributed by atoms with E-state index in [1.807, 2.05) is 13.0 Å². The maximum atomic E-state index is 11.9. The van der Waals surface area contributed by atoms with Gasteiger partial charge in [-0.05, 0) is 48.9 Å². The molecule has 0 atom stereocenters. The summed E-state index contributed by atoms with van der Waals surface area (Å²) in [5.74, 6) is 0.837. The maximum absolute atomic E-state index is 11.9. The lowest BCUT2D eigenvalue weighted by Gasteiger charge is -2.08. The van der Waals surface area contributed by atoms with Gasteiger partial charge in [-0.2, -0.15) is 8.78 Å². The normalized spacial score (nSPS) is 16.0. The average Bonchev–Trinajstić information content (AvgIpc) is 2.90. The van der Waals surface area contributed by atoms with Crippen molar-refractivity contribution < 1.29 is 13.5 Å². The number of hydrogen-bond acceptors (Lipinski definition) is 1. The highest BCUT2D eigenvalue weighted by atomic mass is 19.3. The molecule has 1 saturated carbocycles. The monoisotopic (exact) mass is 198 g/mol. The fraction of sp³-hybridized carbons (Fsp3) is 0.455. The van der Waals surface area contributed by atoms with Gasteiger partial charge < -0.3 is 4.74 Å². The second-order valence-electron chi connectivity index (χ2n) is 3.67. The Hall–Kier alpha value is -1.12. The Morgan fingerprint density at radius 2 is 2.07 bits per heavy atom. The van der Waals surface area contributed by atoms with Crippen molar-refractivity contribution in [1.29, 1.82) is 0 Å². The molecular formula is C11H12F2O. The van der Waals surface area contributed by atoms with Crippen molar-refractivity contribution in [1.82, 2.24) is 0 Å². The van der Waals surface area contributed by atoms with Crippen LogP contribution in [0.15, 0.2) is 18.2 Å². The van der Waals surface area contributed by atoms with Gasteiger partial charge in [0.15, 0.2) is 0 Å². The predicted molar refractivity (Wildman–Crippen MR) is 49.8 cm³/mol. The van der Waals surface area contributed by atoms with E-state index in [2.05, 4.69) is 4.74 Å². The van der Waals surface area contributed by atoms with E-state index in [1.165, 1.54) is 12.8 Å². The van der Waals surface area contributed by atoms with E-state index in [0.717, 1.165) is 11.1 Å². The zero-order valence-electron chi connectivity index (χ0n) is 7.97. The Labute approximate surface area is 81.7 Å². The summed E-state index contributed by atoms with van der Waals surface area (Å²) in [4.78, 5) is 0. The zero-order valence-corrected chi connectivity index (χ0v) is 7.97. The molecule has 1 nitrogen and oxygen atoms in total. The van der Waals surface area contributed by atoms with E-state index in [9.17, 15) is 8.78 Å². The lowest BCUT2D eigenvalue weighted by molar-refractivity contribution is -0.0498. The first-order valence-electron chi connectivity index (χ1n) is 4.72. The molecule has 0 aromatic heterocycles. The molecule has 0 spiro atoms. The Morgan fingerprint density at radius 1 is 1.36 bits per heavy atom. The van der Waals surface area contributed by atoms with Crippen LogP contribution in [0.25, 0.3) is 0 Å². The molecule has 0 heterocycles. The SMILES string of the molecule is Cc1ccc(OC(F)F)cc1C1CC1. The zero-order chi connectivity index (χ0) is 10.1. The fourth-order valence-electron chi connectivity index (χ4n) is 1.63. The summed E-state index contributed by atoms with van der Waals surface area (Å²) in [6, 6.07) is 5.16. The molecular weight excluding hydrogens is 186 g/mol. The third-order valence-corrected chi connectivity index (χ3v) is 2.49. The first kappa shape index (κ1) is 9.44. The van der Waals surface area contributed by atoms with Crippen LogP contribution in [0.3, 0.4) is 0 Å². The number of alkyl halides is 2. The molecule has 1 fully saturated rings. The van der Waals surface area contributed by atoms with Crippen LogP contribution in [0.2, 0.25) is 0 Å². The molecule has 0 radical (unpaired) electrons. The van der Waals surface area contributed by atoms with Crippen LogP contribution in [0.1, 0.15) is 29.9 Å². The second-order valence-corrected chi connectivity index (χ2v) is 3.67. The number of rotatable bonds is 3. The summed E-state index contributed by atoms with van der Waals surface area (Å²) in [6.07, 6.45) is 2.33. The first-order chi connectivity index (χ1) is 6.66. The van der Waals surface area contributed by atoms with E-state index >= 15 is 0 Å². The third kappa shape index (κ3) is 2.03. The van der Waals surface area contributed by atoms with Crippen molar-refractivity contribution in [2.75, 3.05) is 0 Å². The summed E-state index contributed by atoms with van der Waals surface area (Å²) < 4.78 is 28.2. The van der Waals surface area contributed by atoms with Gasteiger partial charge in [0.2, 0.25) is 0 Å². The van der Waals surface area contributed by atoms with Gasteiger partial charge in [-0.3, -0.25) is 0 Å². The van der Waals surface area contributed by atoms with Crippen LogP contribution < -0.4 is 4.74 Å². The maximum Gasteiger partial charge on any atom is 0.387 e. The van der Waals surface area contributed by atoms with Crippen LogP contribution in [-0.4, -0.2) is 6.61 Å². The van der Waals surface area contributed by atoms with E-state index < -0.39 is 6.61 Å². The molecule has 0 saturated heterocycles. The number of aryl methyl sites for hydroxylation is 1. The summed E-state index contributed by atoms with van der Waals surface area (Å²) in [5, 5.41) is 0. The molecule has 0 bridgehead atoms. The Morgan fingerprint density at radius 3 is 2.64 bits per heavy atom. The summed E-state index contributed by atoms with van der Waals surface area (Å²) in [7, 11) is 0. The molecule has 1 aromatic carbocycles. The standard InChI is InChI=1S/C11H12F2O/c1-7-2-5-9(14-11(12)13)6-10(7)8-3-4-8/h2,5-6,8,11H,3-4H2,1H3. The van der Waals surface area contributed by atoms with Gasteiger partial charge in [0.05, 0.1) is 0 Å². The topological polar surface area (TPSA) is 9.23 Å². The molecule has 76 valence electrons. The van der Waals surface area contributed by atoms with Gasteiger partial charge in [-0.1, -0.05) is 6.07 Å². The van der Waals surface area contributed by atoms with Crippen LogP contribution in [0.5, 0.6) is 5.75 Å². The predicted octanol–water partition coefficient (Wildman–Crippen LogP) is 3.47. The highest BCUT2D eigenvalue weighted by molar-refractivity contribution is 5.39. The lowest BCUT2D eigenvalue weighted by Crippen LogP contribution is -2.02. The van der Waals surface area contributed by atoms with E-state index in [1.54, 1.807) is 12.1 Å². The van der Waals surface area contributed by atoms with Gasteiger partial charge in [0.25, 0.3) is 0 Å². The lowest BCUT2D eigenvalue weighted by atomic mass is 10.0. The number of benzene rings is 1. The molecule has 1 aromatic rings. The first-order valence-corrected chi connectivity index (χ1v) is 4.72. The van der Waals surface area contributed by atoms with Crippen molar-refractivity contribution in [2.24, 2.45) is 0 Å². The van der Waals surface area contributed by atoms with Crippen LogP contribution >= 0.6 is 0 Å². The molecule has 0 aliphatic heterocycles. The second kappa shape index (κ2) is 3.56. The summed E-state index contributed by atoms with van der Waals surface area (Å²) in [5.41, 5.74) is 2.32. The number of halogens is 2. The van der Waals surface area contributed by atoms with Crippen LogP contribution in [0.4, 0.5) is 8.78 Å². The van der Waals surface area contributed by atoms with Crippen molar-refractivity contribution in [3.63, 3.8) is 0 Å². The van der Waals surface area contributed by atoms with E-state index in [0.29, 0.717) is 5.92 Å². The molecule has 14 heavy (non-hydrogen) atoms. The molecule has 0 amide bonds. The molecule has 0 N–H and O–H groups in total. The number of ether oxygens (including phenoxy) is 1. The fourth-order valence-corrected chi connectivity index (χ4v) is 1.63. The number of hydrogen-bond donors (Lipinski definition) is 0. The van der Waals surface area contributed by atoms with Gasteiger partial charge in [0.1, 0.15) is 5.75 Å².